The van der Waals surface area contributed by atoms with Crippen molar-refractivity contribution in [1.82, 2.24) is 15.2 Å². The van der Waals surface area contributed by atoms with E-state index in [2.05, 4.69) is 15.2 Å². The molecule has 2 heterocycles. The van der Waals surface area contributed by atoms with Crippen LogP contribution in [-0.2, 0) is 4.74 Å². The van der Waals surface area contributed by atoms with Crippen molar-refractivity contribution < 1.29 is 9.84 Å². The van der Waals surface area contributed by atoms with Gasteiger partial charge in [0.15, 0.2) is 12.1 Å². The fraction of sp³-hybridized carbons (Fsp3) is 0.333. The summed E-state index contributed by atoms with van der Waals surface area (Å²) in [5.74, 6) is 1.17. The van der Waals surface area contributed by atoms with E-state index < -0.39 is 6.29 Å². The van der Waals surface area contributed by atoms with E-state index >= 15 is 0 Å². The van der Waals surface area contributed by atoms with Crippen LogP contribution in [0.25, 0.3) is 10.7 Å². The highest BCUT2D eigenvalue weighted by Crippen LogP contribution is 2.23. The van der Waals surface area contributed by atoms with Crippen molar-refractivity contribution in [1.29, 1.82) is 0 Å². The molecule has 2 rings (SSSR count). The van der Waals surface area contributed by atoms with Gasteiger partial charge in [-0.25, -0.2) is 4.98 Å². The van der Waals surface area contributed by atoms with Gasteiger partial charge in [0.1, 0.15) is 0 Å². The lowest BCUT2D eigenvalue weighted by molar-refractivity contribution is -0.0546. The lowest BCUT2D eigenvalue weighted by atomic mass is 10.4. The van der Waals surface area contributed by atoms with Crippen LogP contribution in [0.5, 0.6) is 0 Å². The van der Waals surface area contributed by atoms with E-state index in [1.54, 1.807) is 11.3 Å². The van der Waals surface area contributed by atoms with Gasteiger partial charge in [-0.15, -0.1) is 16.4 Å². The first kappa shape index (κ1) is 11.6. The minimum Gasteiger partial charge on any atom is -0.367 e. The molecule has 0 aromatic carbocycles. The van der Waals surface area contributed by atoms with Gasteiger partial charge in [0.05, 0.1) is 10.6 Å². The van der Waals surface area contributed by atoms with Gasteiger partial charge in [-0.2, -0.15) is 0 Å². The molecule has 0 spiro atoms. The molecule has 0 saturated carbocycles. The van der Waals surface area contributed by atoms with Crippen LogP contribution in [0.1, 0.15) is 0 Å². The Morgan fingerprint density at radius 3 is 3.25 bits per heavy atom. The Morgan fingerprint density at radius 2 is 2.56 bits per heavy atom. The molecule has 0 aliphatic heterocycles. The second-order valence-electron chi connectivity index (χ2n) is 2.95. The molecule has 0 saturated heterocycles. The van der Waals surface area contributed by atoms with Gasteiger partial charge < -0.3 is 9.84 Å². The third kappa shape index (κ3) is 2.82. The Balaban J connectivity index is 1.98. The summed E-state index contributed by atoms with van der Waals surface area (Å²) in [6.07, 6.45) is -0.784. The van der Waals surface area contributed by atoms with E-state index in [4.69, 9.17) is 4.74 Å². The standard InChI is InChI=1S/C9H11N3O2S2/c1-14-7(13)5-16-9-10-8(11-12-9)6-3-2-4-15-6/h2-4,7,13H,5H2,1H3,(H,10,11,12). The lowest BCUT2D eigenvalue weighted by Gasteiger charge is -2.04. The van der Waals surface area contributed by atoms with Crippen molar-refractivity contribution >= 4 is 23.1 Å². The van der Waals surface area contributed by atoms with Gasteiger partial charge in [0, 0.05) is 7.11 Å². The van der Waals surface area contributed by atoms with Crippen LogP contribution >= 0.6 is 23.1 Å². The van der Waals surface area contributed by atoms with E-state index in [-0.39, 0.29) is 0 Å². The van der Waals surface area contributed by atoms with Crippen molar-refractivity contribution in [3.05, 3.63) is 17.5 Å². The van der Waals surface area contributed by atoms with Crippen molar-refractivity contribution in [2.75, 3.05) is 12.9 Å². The molecule has 86 valence electrons. The summed E-state index contributed by atoms with van der Waals surface area (Å²) in [5.41, 5.74) is 0. The predicted molar refractivity (Wildman–Crippen MR) is 63.4 cm³/mol. The molecular formula is C9H11N3O2S2. The fourth-order valence-corrected chi connectivity index (χ4v) is 2.41. The van der Waals surface area contributed by atoms with Gasteiger partial charge in [-0.1, -0.05) is 17.8 Å². The molecule has 2 aromatic rings. The van der Waals surface area contributed by atoms with E-state index in [0.717, 1.165) is 10.7 Å². The molecule has 0 aliphatic carbocycles. The minimum absolute atomic E-state index is 0.415. The fourth-order valence-electron chi connectivity index (χ4n) is 1.05. The molecule has 0 bridgehead atoms. The average molecular weight is 257 g/mol. The number of nitrogens with zero attached hydrogens (tertiary/aromatic N) is 2. The second-order valence-corrected chi connectivity index (χ2v) is 4.88. The highest BCUT2D eigenvalue weighted by atomic mass is 32.2. The Labute approximate surface area is 101 Å². The maximum Gasteiger partial charge on any atom is 0.208 e. The monoisotopic (exact) mass is 257 g/mol. The number of aromatic nitrogens is 3. The maximum atomic E-state index is 9.20. The number of ether oxygens (including phenoxy) is 1. The summed E-state index contributed by atoms with van der Waals surface area (Å²) in [6.45, 7) is 0. The summed E-state index contributed by atoms with van der Waals surface area (Å²) in [6, 6.07) is 3.94. The first-order valence-electron chi connectivity index (χ1n) is 4.59. The molecule has 0 radical (unpaired) electrons. The van der Waals surface area contributed by atoms with Crippen molar-refractivity contribution in [3.8, 4) is 10.7 Å². The smallest absolute Gasteiger partial charge is 0.208 e. The lowest BCUT2D eigenvalue weighted by Crippen LogP contribution is -2.11. The average Bonchev–Trinajstić information content (AvgIpc) is 2.95. The summed E-state index contributed by atoms with van der Waals surface area (Å²) in [7, 11) is 1.46. The third-order valence-electron chi connectivity index (χ3n) is 1.85. The quantitative estimate of drug-likeness (QED) is 0.628. The molecule has 2 N–H and O–H groups in total. The molecule has 16 heavy (non-hydrogen) atoms. The van der Waals surface area contributed by atoms with Crippen LogP contribution in [0.4, 0.5) is 0 Å². The number of nitrogens with one attached hydrogen (secondary N) is 1. The van der Waals surface area contributed by atoms with Crippen LogP contribution in [0.15, 0.2) is 22.7 Å². The van der Waals surface area contributed by atoms with E-state index in [1.165, 1.54) is 18.9 Å². The van der Waals surface area contributed by atoms with Gasteiger partial charge in [0.25, 0.3) is 0 Å². The molecule has 1 unspecified atom stereocenters. The first-order valence-corrected chi connectivity index (χ1v) is 6.46. The second kappa shape index (κ2) is 5.44. The zero-order valence-corrected chi connectivity index (χ0v) is 10.2. The Bertz CT molecular complexity index is 430. The molecule has 1 atom stereocenters. The summed E-state index contributed by atoms with van der Waals surface area (Å²) >= 11 is 2.95. The molecule has 0 aliphatic rings. The third-order valence-corrected chi connectivity index (χ3v) is 3.62. The first-order chi connectivity index (χ1) is 7.79. The van der Waals surface area contributed by atoms with Crippen molar-refractivity contribution in [2.24, 2.45) is 0 Å². The SMILES string of the molecule is COC(O)CSc1n[nH]c(-c2cccs2)n1. The summed E-state index contributed by atoms with van der Waals surface area (Å²) < 4.78 is 4.72. The number of hydrogen-bond acceptors (Lipinski definition) is 6. The van der Waals surface area contributed by atoms with E-state index in [1.807, 2.05) is 17.5 Å². The molecule has 0 fully saturated rings. The van der Waals surface area contributed by atoms with Gasteiger partial charge in [-0.3, -0.25) is 5.10 Å². The van der Waals surface area contributed by atoms with Gasteiger partial charge in [-0.05, 0) is 11.4 Å². The van der Waals surface area contributed by atoms with Crippen LogP contribution < -0.4 is 0 Å². The number of methoxy groups -OCH3 is 1. The Hall–Kier alpha value is -0.890. The normalized spacial score (nSPS) is 12.9. The molecule has 0 amide bonds. The van der Waals surface area contributed by atoms with Crippen LogP contribution in [0, 0.1) is 0 Å². The molecule has 2 aromatic heterocycles. The number of rotatable bonds is 5. The zero-order valence-electron chi connectivity index (χ0n) is 8.58. The minimum atomic E-state index is -0.784. The summed E-state index contributed by atoms with van der Waals surface area (Å²) in [4.78, 5) is 5.35. The highest BCUT2D eigenvalue weighted by Gasteiger charge is 2.09. The number of thiophene rings is 1. The number of thioether (sulfide) groups is 1. The Kier molecular flexibility index (Phi) is 3.94. The summed E-state index contributed by atoms with van der Waals surface area (Å²) in [5, 5.41) is 18.7. The van der Waals surface area contributed by atoms with Gasteiger partial charge >= 0.3 is 0 Å². The van der Waals surface area contributed by atoms with Crippen LogP contribution in [-0.4, -0.2) is 39.4 Å². The molecule has 5 nitrogen and oxygen atoms in total. The van der Waals surface area contributed by atoms with Gasteiger partial charge in [0.2, 0.25) is 5.16 Å². The van der Waals surface area contributed by atoms with E-state index in [9.17, 15) is 5.11 Å². The predicted octanol–water partition coefficient (Wildman–Crippen LogP) is 1.59. The number of aliphatic hydroxyl groups excluding tert-OH is 1. The maximum absolute atomic E-state index is 9.20. The van der Waals surface area contributed by atoms with E-state index in [0.29, 0.717) is 10.9 Å². The van der Waals surface area contributed by atoms with Crippen LogP contribution in [0.3, 0.4) is 0 Å². The number of aromatic amines is 1. The number of aliphatic hydroxyl groups is 1. The largest absolute Gasteiger partial charge is 0.367 e. The Morgan fingerprint density at radius 1 is 1.69 bits per heavy atom. The van der Waals surface area contributed by atoms with Crippen molar-refractivity contribution in [2.45, 2.75) is 11.4 Å². The van der Waals surface area contributed by atoms with Crippen molar-refractivity contribution in [3.63, 3.8) is 0 Å². The molecule has 7 heteroatoms. The number of H-pyrrole nitrogens is 1. The number of hydrogen-bond donors (Lipinski definition) is 2. The van der Waals surface area contributed by atoms with Crippen LogP contribution in [0.2, 0.25) is 0 Å². The topological polar surface area (TPSA) is 71.0 Å². The zero-order chi connectivity index (χ0) is 11.4. The highest BCUT2D eigenvalue weighted by molar-refractivity contribution is 7.99. The molecular weight excluding hydrogens is 246 g/mol.